The van der Waals surface area contributed by atoms with E-state index in [0.717, 1.165) is 0 Å². The lowest BCUT2D eigenvalue weighted by Gasteiger charge is -2.06. The monoisotopic (exact) mass is 258 g/mol. The average Bonchev–Trinajstić information content (AvgIpc) is 2.75. The molecular formula is C8H7ClN4O2S. The van der Waals surface area contributed by atoms with Crippen LogP contribution in [0, 0.1) is 0 Å². The Labute approximate surface area is 96.7 Å². The number of H-pyrrole nitrogens is 1. The number of hydrogen-bond donors (Lipinski definition) is 2. The van der Waals surface area contributed by atoms with E-state index >= 15 is 0 Å². The molecule has 2 heterocycles. The van der Waals surface area contributed by atoms with Gasteiger partial charge in [0.25, 0.3) is 10.0 Å². The Balaban J connectivity index is 2.33. The largest absolute Gasteiger partial charge is 0.284 e. The van der Waals surface area contributed by atoms with Crippen molar-refractivity contribution >= 4 is 27.3 Å². The van der Waals surface area contributed by atoms with Crippen molar-refractivity contribution in [3.8, 4) is 0 Å². The van der Waals surface area contributed by atoms with E-state index < -0.39 is 10.0 Å². The Hall–Kier alpha value is -1.60. The molecule has 0 aliphatic heterocycles. The predicted octanol–water partition coefficient (Wildman–Crippen LogP) is 1.26. The van der Waals surface area contributed by atoms with E-state index in [1.165, 1.54) is 30.9 Å². The number of aromatic nitrogens is 3. The third kappa shape index (κ3) is 2.15. The third-order valence-corrected chi connectivity index (χ3v) is 3.46. The fourth-order valence-electron chi connectivity index (χ4n) is 1.04. The topological polar surface area (TPSA) is 87.7 Å². The van der Waals surface area contributed by atoms with E-state index in [4.69, 9.17) is 11.6 Å². The minimum Gasteiger partial charge on any atom is -0.284 e. The molecule has 0 radical (unpaired) electrons. The summed E-state index contributed by atoms with van der Waals surface area (Å²) >= 11 is 5.80. The van der Waals surface area contributed by atoms with Gasteiger partial charge in [0.05, 0.1) is 23.1 Å². The maximum Gasteiger partial charge on any atom is 0.265 e. The van der Waals surface area contributed by atoms with Gasteiger partial charge in [-0.05, 0) is 6.07 Å². The normalized spacial score (nSPS) is 11.3. The molecule has 8 heteroatoms. The standard InChI is InChI=1S/C8H7ClN4O2S/c9-7-1-2-10-5-8(7)13-16(14,15)6-3-11-12-4-6/h1-5,13H,(H,11,12). The maximum atomic E-state index is 11.8. The van der Waals surface area contributed by atoms with Crippen molar-refractivity contribution in [1.29, 1.82) is 0 Å². The summed E-state index contributed by atoms with van der Waals surface area (Å²) in [5, 5.41) is 6.26. The molecule has 0 aliphatic rings. The highest BCUT2D eigenvalue weighted by Crippen LogP contribution is 2.22. The van der Waals surface area contributed by atoms with Gasteiger partial charge in [0.15, 0.2) is 0 Å². The molecule has 0 aromatic carbocycles. The van der Waals surface area contributed by atoms with Gasteiger partial charge < -0.3 is 0 Å². The van der Waals surface area contributed by atoms with Crippen LogP contribution in [-0.4, -0.2) is 23.6 Å². The van der Waals surface area contributed by atoms with Crippen LogP contribution in [0.5, 0.6) is 0 Å². The van der Waals surface area contributed by atoms with Gasteiger partial charge in [-0.15, -0.1) is 0 Å². The molecule has 0 bridgehead atoms. The average molecular weight is 259 g/mol. The number of anilines is 1. The lowest BCUT2D eigenvalue weighted by Crippen LogP contribution is -2.12. The van der Waals surface area contributed by atoms with E-state index in [-0.39, 0.29) is 15.6 Å². The van der Waals surface area contributed by atoms with Crippen LogP contribution < -0.4 is 4.72 Å². The van der Waals surface area contributed by atoms with E-state index in [1.807, 2.05) is 0 Å². The van der Waals surface area contributed by atoms with Crippen LogP contribution in [-0.2, 0) is 10.0 Å². The molecule has 16 heavy (non-hydrogen) atoms. The van der Waals surface area contributed by atoms with Gasteiger partial charge in [0.2, 0.25) is 0 Å². The number of halogens is 1. The Morgan fingerprint density at radius 2 is 2.19 bits per heavy atom. The van der Waals surface area contributed by atoms with Crippen LogP contribution >= 0.6 is 11.6 Å². The third-order valence-electron chi connectivity index (χ3n) is 1.80. The van der Waals surface area contributed by atoms with Crippen molar-refractivity contribution in [3.05, 3.63) is 35.9 Å². The Morgan fingerprint density at radius 1 is 1.38 bits per heavy atom. The molecular weight excluding hydrogens is 252 g/mol. The van der Waals surface area contributed by atoms with Crippen LogP contribution in [0.15, 0.2) is 35.7 Å². The first-order chi connectivity index (χ1) is 7.59. The van der Waals surface area contributed by atoms with Gasteiger partial charge >= 0.3 is 0 Å². The number of aromatic amines is 1. The first kappa shape index (κ1) is 10.9. The summed E-state index contributed by atoms with van der Waals surface area (Å²) in [6.45, 7) is 0. The molecule has 0 unspecified atom stereocenters. The summed E-state index contributed by atoms with van der Waals surface area (Å²) in [6.07, 6.45) is 5.27. The molecule has 2 aromatic heterocycles. The van der Waals surface area contributed by atoms with Gasteiger partial charge in [0, 0.05) is 12.4 Å². The van der Waals surface area contributed by atoms with Crippen LogP contribution in [0.25, 0.3) is 0 Å². The number of nitrogens with one attached hydrogen (secondary N) is 2. The number of nitrogens with zero attached hydrogens (tertiary/aromatic N) is 2. The number of rotatable bonds is 3. The SMILES string of the molecule is O=S(=O)(Nc1cnccc1Cl)c1cn[nH]c1. The van der Waals surface area contributed by atoms with Crippen LogP contribution in [0.1, 0.15) is 0 Å². The fourth-order valence-corrected chi connectivity index (χ4v) is 2.22. The molecule has 2 aromatic rings. The van der Waals surface area contributed by atoms with Crippen LogP contribution in [0.2, 0.25) is 5.02 Å². The molecule has 0 aliphatic carbocycles. The van der Waals surface area contributed by atoms with Gasteiger partial charge in [-0.3, -0.25) is 14.8 Å². The fraction of sp³-hybridized carbons (Fsp3) is 0. The summed E-state index contributed by atoms with van der Waals surface area (Å²) < 4.78 is 25.8. The zero-order valence-electron chi connectivity index (χ0n) is 7.88. The minimum absolute atomic E-state index is 0.0346. The molecule has 0 fully saturated rings. The van der Waals surface area contributed by atoms with Crippen LogP contribution in [0.3, 0.4) is 0 Å². The summed E-state index contributed by atoms with van der Waals surface area (Å²) in [4.78, 5) is 3.81. The molecule has 0 atom stereocenters. The van der Waals surface area contributed by atoms with E-state index in [1.54, 1.807) is 0 Å². The van der Waals surface area contributed by atoms with Crippen molar-refractivity contribution in [2.75, 3.05) is 4.72 Å². The highest BCUT2D eigenvalue weighted by Gasteiger charge is 2.16. The lowest BCUT2D eigenvalue weighted by atomic mass is 10.4. The van der Waals surface area contributed by atoms with Gasteiger partial charge in [-0.1, -0.05) is 11.6 Å². The van der Waals surface area contributed by atoms with Crippen molar-refractivity contribution in [2.24, 2.45) is 0 Å². The number of hydrogen-bond acceptors (Lipinski definition) is 4. The Morgan fingerprint density at radius 3 is 2.81 bits per heavy atom. The summed E-state index contributed by atoms with van der Waals surface area (Å²) in [5.74, 6) is 0. The molecule has 6 nitrogen and oxygen atoms in total. The first-order valence-electron chi connectivity index (χ1n) is 4.21. The predicted molar refractivity (Wildman–Crippen MR) is 58.6 cm³/mol. The van der Waals surface area contributed by atoms with Crippen molar-refractivity contribution < 1.29 is 8.42 Å². The minimum atomic E-state index is -3.66. The van der Waals surface area contributed by atoms with Crippen molar-refractivity contribution in [1.82, 2.24) is 15.2 Å². The first-order valence-corrected chi connectivity index (χ1v) is 6.07. The van der Waals surface area contributed by atoms with Gasteiger partial charge in [-0.2, -0.15) is 5.10 Å². The highest BCUT2D eigenvalue weighted by molar-refractivity contribution is 7.92. The van der Waals surface area contributed by atoms with E-state index in [2.05, 4.69) is 19.9 Å². The van der Waals surface area contributed by atoms with Crippen LogP contribution in [0.4, 0.5) is 5.69 Å². The van der Waals surface area contributed by atoms with E-state index in [0.29, 0.717) is 0 Å². The summed E-state index contributed by atoms with van der Waals surface area (Å²) in [6, 6.07) is 1.49. The highest BCUT2D eigenvalue weighted by atomic mass is 35.5. The second-order valence-corrected chi connectivity index (χ2v) is 4.98. The molecule has 0 saturated carbocycles. The summed E-state index contributed by atoms with van der Waals surface area (Å²) in [5.41, 5.74) is 0.227. The maximum absolute atomic E-state index is 11.8. The molecule has 2 rings (SSSR count). The quantitative estimate of drug-likeness (QED) is 0.868. The summed E-state index contributed by atoms with van der Waals surface area (Å²) in [7, 11) is -3.66. The Kier molecular flexibility index (Phi) is 2.80. The van der Waals surface area contributed by atoms with Crippen molar-refractivity contribution in [2.45, 2.75) is 4.90 Å². The molecule has 0 spiro atoms. The molecule has 0 amide bonds. The smallest absolute Gasteiger partial charge is 0.265 e. The van der Waals surface area contributed by atoms with Crippen molar-refractivity contribution in [3.63, 3.8) is 0 Å². The van der Waals surface area contributed by atoms with E-state index in [9.17, 15) is 8.42 Å². The second-order valence-electron chi connectivity index (χ2n) is 2.90. The lowest BCUT2D eigenvalue weighted by molar-refractivity contribution is 0.601. The molecule has 0 saturated heterocycles. The zero-order chi connectivity index (χ0) is 11.6. The Bertz CT molecular complexity index is 582. The van der Waals surface area contributed by atoms with Gasteiger partial charge in [-0.25, -0.2) is 8.42 Å². The van der Waals surface area contributed by atoms with Gasteiger partial charge in [0.1, 0.15) is 4.90 Å². The number of sulfonamides is 1. The molecule has 2 N–H and O–H groups in total. The zero-order valence-corrected chi connectivity index (χ0v) is 9.46. The number of pyridine rings is 1. The second kappa shape index (κ2) is 4.11. The molecule has 84 valence electrons.